The van der Waals surface area contributed by atoms with Gasteiger partial charge in [0.05, 0.1) is 12.3 Å². The van der Waals surface area contributed by atoms with Gasteiger partial charge in [-0.1, -0.05) is 13.8 Å². The second-order valence-electron chi connectivity index (χ2n) is 3.86. The lowest BCUT2D eigenvalue weighted by Crippen LogP contribution is -2.17. The SMILES string of the molecule is CC(C)COC(=O)Nc1ccc(N)cc1F. The zero-order chi connectivity index (χ0) is 12.1. The van der Waals surface area contributed by atoms with Crippen LogP contribution in [0.2, 0.25) is 0 Å². The van der Waals surface area contributed by atoms with Crippen molar-refractivity contribution in [2.45, 2.75) is 13.8 Å². The third-order valence-corrected chi connectivity index (χ3v) is 1.78. The highest BCUT2D eigenvalue weighted by molar-refractivity contribution is 5.85. The maximum atomic E-state index is 13.3. The molecule has 0 aliphatic carbocycles. The van der Waals surface area contributed by atoms with E-state index in [2.05, 4.69) is 5.32 Å². The van der Waals surface area contributed by atoms with Gasteiger partial charge in [-0.15, -0.1) is 0 Å². The van der Waals surface area contributed by atoms with Crippen LogP contribution in [-0.4, -0.2) is 12.7 Å². The molecule has 3 N–H and O–H groups in total. The van der Waals surface area contributed by atoms with E-state index in [0.717, 1.165) is 6.07 Å². The molecule has 0 unspecified atom stereocenters. The Kier molecular flexibility index (Phi) is 4.10. The topological polar surface area (TPSA) is 64.3 Å². The minimum Gasteiger partial charge on any atom is -0.449 e. The summed E-state index contributed by atoms with van der Waals surface area (Å²) in [5.41, 5.74) is 5.74. The number of halogens is 1. The van der Waals surface area contributed by atoms with Crippen molar-refractivity contribution in [1.82, 2.24) is 0 Å². The van der Waals surface area contributed by atoms with Gasteiger partial charge in [0, 0.05) is 5.69 Å². The minimum absolute atomic E-state index is 0.0583. The zero-order valence-electron chi connectivity index (χ0n) is 9.29. The first kappa shape index (κ1) is 12.3. The number of amides is 1. The van der Waals surface area contributed by atoms with Crippen LogP contribution in [0.25, 0.3) is 0 Å². The van der Waals surface area contributed by atoms with Crippen LogP contribution < -0.4 is 11.1 Å². The molecule has 1 rings (SSSR count). The molecule has 0 aliphatic heterocycles. The quantitative estimate of drug-likeness (QED) is 0.778. The van der Waals surface area contributed by atoms with Crippen molar-refractivity contribution in [2.24, 2.45) is 5.92 Å². The molecule has 0 aromatic heterocycles. The van der Waals surface area contributed by atoms with E-state index in [-0.39, 0.29) is 11.6 Å². The molecule has 1 aromatic carbocycles. The first-order valence-corrected chi connectivity index (χ1v) is 4.98. The van der Waals surface area contributed by atoms with Crippen LogP contribution in [0.1, 0.15) is 13.8 Å². The third kappa shape index (κ3) is 3.76. The highest BCUT2D eigenvalue weighted by Gasteiger charge is 2.08. The number of carbonyl (C=O) groups is 1. The lowest BCUT2D eigenvalue weighted by molar-refractivity contribution is 0.147. The summed E-state index contributed by atoms with van der Waals surface area (Å²) < 4.78 is 18.1. The normalized spacial score (nSPS) is 10.2. The van der Waals surface area contributed by atoms with Gasteiger partial charge in [0.1, 0.15) is 5.82 Å². The summed E-state index contributed by atoms with van der Waals surface area (Å²) in [5, 5.41) is 2.30. The number of benzene rings is 1. The predicted molar refractivity (Wildman–Crippen MR) is 60.6 cm³/mol. The largest absolute Gasteiger partial charge is 0.449 e. The summed E-state index contributed by atoms with van der Waals surface area (Å²) in [5.74, 6) is -0.344. The summed E-state index contributed by atoms with van der Waals surface area (Å²) in [4.78, 5) is 11.2. The number of nitrogens with two attached hydrogens (primary N) is 1. The monoisotopic (exact) mass is 226 g/mol. The molecule has 0 radical (unpaired) electrons. The Balaban J connectivity index is 2.56. The smallest absolute Gasteiger partial charge is 0.411 e. The average molecular weight is 226 g/mol. The molecule has 0 atom stereocenters. The van der Waals surface area contributed by atoms with Crippen molar-refractivity contribution in [3.05, 3.63) is 24.0 Å². The Hall–Kier alpha value is -1.78. The summed E-state index contributed by atoms with van der Waals surface area (Å²) >= 11 is 0. The molecule has 0 fully saturated rings. The fourth-order valence-electron chi connectivity index (χ4n) is 1.02. The lowest BCUT2D eigenvalue weighted by atomic mass is 10.2. The van der Waals surface area contributed by atoms with Crippen LogP contribution in [0, 0.1) is 11.7 Å². The molecule has 88 valence electrons. The van der Waals surface area contributed by atoms with Crippen molar-refractivity contribution in [2.75, 3.05) is 17.7 Å². The Morgan fingerprint density at radius 2 is 2.25 bits per heavy atom. The molecule has 4 nitrogen and oxygen atoms in total. The number of nitrogens with one attached hydrogen (secondary N) is 1. The van der Waals surface area contributed by atoms with Gasteiger partial charge in [-0.2, -0.15) is 0 Å². The van der Waals surface area contributed by atoms with Gasteiger partial charge in [-0.3, -0.25) is 5.32 Å². The molecule has 1 amide bonds. The molecule has 0 saturated carbocycles. The first-order valence-electron chi connectivity index (χ1n) is 4.98. The van der Waals surface area contributed by atoms with E-state index in [9.17, 15) is 9.18 Å². The molecule has 0 aliphatic rings. The van der Waals surface area contributed by atoms with Gasteiger partial charge in [0.15, 0.2) is 0 Å². The number of rotatable bonds is 3. The number of ether oxygens (including phenoxy) is 1. The fourth-order valence-corrected chi connectivity index (χ4v) is 1.02. The van der Waals surface area contributed by atoms with Crippen molar-refractivity contribution < 1.29 is 13.9 Å². The lowest BCUT2D eigenvalue weighted by Gasteiger charge is -2.09. The van der Waals surface area contributed by atoms with E-state index in [1.807, 2.05) is 13.8 Å². The van der Waals surface area contributed by atoms with E-state index < -0.39 is 11.9 Å². The van der Waals surface area contributed by atoms with E-state index in [0.29, 0.717) is 12.3 Å². The van der Waals surface area contributed by atoms with Crippen LogP contribution in [-0.2, 0) is 4.74 Å². The van der Waals surface area contributed by atoms with Gasteiger partial charge in [-0.25, -0.2) is 9.18 Å². The molecule has 5 heteroatoms. The van der Waals surface area contributed by atoms with Gasteiger partial charge in [-0.05, 0) is 24.1 Å². The summed E-state index contributed by atoms with van der Waals surface area (Å²) in [6, 6.07) is 4.03. The Labute approximate surface area is 93.6 Å². The highest BCUT2D eigenvalue weighted by atomic mass is 19.1. The van der Waals surface area contributed by atoms with Crippen LogP contribution in [0.15, 0.2) is 18.2 Å². The summed E-state index contributed by atoms with van der Waals surface area (Å²) in [6.07, 6.45) is -0.669. The van der Waals surface area contributed by atoms with Crippen molar-refractivity contribution in [3.8, 4) is 0 Å². The Morgan fingerprint density at radius 1 is 1.56 bits per heavy atom. The van der Waals surface area contributed by atoms with E-state index >= 15 is 0 Å². The van der Waals surface area contributed by atoms with Crippen molar-refractivity contribution in [3.63, 3.8) is 0 Å². The Bertz CT molecular complexity index is 380. The van der Waals surface area contributed by atoms with E-state index in [1.165, 1.54) is 12.1 Å². The van der Waals surface area contributed by atoms with Gasteiger partial charge in [0.25, 0.3) is 0 Å². The second kappa shape index (κ2) is 5.34. The maximum Gasteiger partial charge on any atom is 0.411 e. The second-order valence-corrected chi connectivity index (χ2v) is 3.86. The molecule has 0 spiro atoms. The molecular weight excluding hydrogens is 211 g/mol. The summed E-state index contributed by atoms with van der Waals surface area (Å²) in [6.45, 7) is 4.12. The van der Waals surface area contributed by atoms with Crippen molar-refractivity contribution >= 4 is 17.5 Å². The maximum absolute atomic E-state index is 13.3. The molecule has 0 heterocycles. The number of hydrogen-bond acceptors (Lipinski definition) is 3. The molecule has 0 saturated heterocycles. The van der Waals surface area contributed by atoms with E-state index in [4.69, 9.17) is 10.5 Å². The van der Waals surface area contributed by atoms with Crippen LogP contribution in [0.3, 0.4) is 0 Å². The molecular formula is C11H15FN2O2. The van der Waals surface area contributed by atoms with Crippen LogP contribution >= 0.6 is 0 Å². The number of carbonyl (C=O) groups excluding carboxylic acids is 1. The standard InChI is InChI=1S/C11H15FN2O2/c1-7(2)6-16-11(15)14-10-4-3-8(13)5-9(10)12/h3-5,7H,6,13H2,1-2H3,(H,14,15). The average Bonchev–Trinajstić information content (AvgIpc) is 2.19. The molecule has 1 aromatic rings. The van der Waals surface area contributed by atoms with Crippen molar-refractivity contribution in [1.29, 1.82) is 0 Å². The molecule has 0 bridgehead atoms. The third-order valence-electron chi connectivity index (χ3n) is 1.78. The predicted octanol–water partition coefficient (Wildman–Crippen LogP) is 2.61. The van der Waals surface area contributed by atoms with Gasteiger partial charge < -0.3 is 10.5 Å². The van der Waals surface area contributed by atoms with Crippen LogP contribution in [0.4, 0.5) is 20.6 Å². The number of anilines is 2. The fraction of sp³-hybridized carbons (Fsp3) is 0.364. The van der Waals surface area contributed by atoms with Gasteiger partial charge in [0.2, 0.25) is 0 Å². The highest BCUT2D eigenvalue weighted by Crippen LogP contribution is 2.16. The summed E-state index contributed by atoms with van der Waals surface area (Å²) in [7, 11) is 0. The first-order chi connectivity index (χ1) is 7.49. The van der Waals surface area contributed by atoms with Crippen LogP contribution in [0.5, 0.6) is 0 Å². The van der Waals surface area contributed by atoms with Gasteiger partial charge >= 0.3 is 6.09 Å². The number of hydrogen-bond donors (Lipinski definition) is 2. The number of nitrogen functional groups attached to an aromatic ring is 1. The van der Waals surface area contributed by atoms with E-state index in [1.54, 1.807) is 0 Å². The molecule has 16 heavy (non-hydrogen) atoms. The zero-order valence-corrected chi connectivity index (χ0v) is 9.29. The minimum atomic E-state index is -0.669. The Morgan fingerprint density at radius 3 is 2.81 bits per heavy atom.